The Morgan fingerprint density at radius 1 is 1.18 bits per heavy atom. The standard InChI is InChI=1S/C16H29N3O3/c1-16(2,3)22-15(21)18-13-6-9-19(10-7-13)14(20)12-5-4-8-17-11-12/h12-13,17H,4-11H2,1-3H3,(H,18,21). The summed E-state index contributed by atoms with van der Waals surface area (Å²) in [5.74, 6) is 0.395. The molecule has 6 nitrogen and oxygen atoms in total. The lowest BCUT2D eigenvalue weighted by Crippen LogP contribution is -2.50. The van der Waals surface area contributed by atoms with E-state index < -0.39 is 5.60 Å². The largest absolute Gasteiger partial charge is 0.444 e. The van der Waals surface area contributed by atoms with Gasteiger partial charge in [-0.2, -0.15) is 0 Å². The van der Waals surface area contributed by atoms with Crippen LogP contribution in [0.5, 0.6) is 0 Å². The first-order chi connectivity index (χ1) is 10.3. The number of carbonyl (C=O) groups excluding carboxylic acids is 2. The van der Waals surface area contributed by atoms with Crippen molar-refractivity contribution in [2.24, 2.45) is 5.92 Å². The first-order valence-electron chi connectivity index (χ1n) is 8.34. The highest BCUT2D eigenvalue weighted by atomic mass is 16.6. The summed E-state index contributed by atoms with van der Waals surface area (Å²) in [6, 6.07) is 0.100. The third-order valence-electron chi connectivity index (χ3n) is 4.17. The van der Waals surface area contributed by atoms with Crippen LogP contribution in [0.15, 0.2) is 0 Å². The van der Waals surface area contributed by atoms with Gasteiger partial charge in [-0.15, -0.1) is 0 Å². The van der Waals surface area contributed by atoms with E-state index in [0.29, 0.717) is 0 Å². The predicted molar refractivity (Wildman–Crippen MR) is 84.6 cm³/mol. The molecule has 2 N–H and O–H groups in total. The molecular weight excluding hydrogens is 282 g/mol. The van der Waals surface area contributed by atoms with Crippen molar-refractivity contribution in [3.05, 3.63) is 0 Å². The van der Waals surface area contributed by atoms with Gasteiger partial charge in [0.05, 0.1) is 5.92 Å². The Labute approximate surface area is 132 Å². The van der Waals surface area contributed by atoms with E-state index in [1.807, 2.05) is 25.7 Å². The Balaban J connectivity index is 1.73. The maximum Gasteiger partial charge on any atom is 0.407 e. The van der Waals surface area contributed by atoms with Crippen LogP contribution in [0, 0.1) is 5.92 Å². The number of nitrogens with zero attached hydrogens (tertiary/aromatic N) is 1. The summed E-state index contributed by atoms with van der Waals surface area (Å²) >= 11 is 0. The minimum Gasteiger partial charge on any atom is -0.444 e. The average Bonchev–Trinajstić information content (AvgIpc) is 2.46. The number of amides is 2. The second kappa shape index (κ2) is 7.31. The van der Waals surface area contributed by atoms with Gasteiger partial charge in [0.15, 0.2) is 0 Å². The summed E-state index contributed by atoms with van der Waals surface area (Å²) in [6.07, 6.45) is 3.29. The SMILES string of the molecule is CC(C)(C)OC(=O)NC1CCN(C(=O)C2CCCNC2)CC1. The minimum absolute atomic E-state index is 0.100. The van der Waals surface area contributed by atoms with Crippen molar-refractivity contribution in [2.45, 2.75) is 58.1 Å². The Morgan fingerprint density at radius 2 is 1.86 bits per heavy atom. The fraction of sp³-hybridized carbons (Fsp3) is 0.875. The maximum absolute atomic E-state index is 12.4. The lowest BCUT2D eigenvalue weighted by molar-refractivity contribution is -0.137. The van der Waals surface area contributed by atoms with E-state index >= 15 is 0 Å². The third kappa shape index (κ3) is 5.16. The van der Waals surface area contributed by atoms with Gasteiger partial charge in [0.25, 0.3) is 0 Å². The molecule has 0 radical (unpaired) electrons. The highest BCUT2D eigenvalue weighted by Crippen LogP contribution is 2.18. The van der Waals surface area contributed by atoms with Crippen LogP contribution >= 0.6 is 0 Å². The van der Waals surface area contributed by atoms with Gasteiger partial charge in [-0.1, -0.05) is 0 Å². The first-order valence-corrected chi connectivity index (χ1v) is 8.34. The fourth-order valence-electron chi connectivity index (χ4n) is 3.04. The second-order valence-electron chi connectivity index (χ2n) is 7.29. The molecule has 0 spiro atoms. The van der Waals surface area contributed by atoms with Crippen molar-refractivity contribution >= 4 is 12.0 Å². The number of nitrogens with one attached hydrogen (secondary N) is 2. The number of hydrogen-bond donors (Lipinski definition) is 2. The molecule has 2 aliphatic rings. The van der Waals surface area contributed by atoms with E-state index in [1.165, 1.54) is 0 Å². The molecule has 2 heterocycles. The van der Waals surface area contributed by atoms with E-state index in [0.717, 1.165) is 51.9 Å². The van der Waals surface area contributed by atoms with Crippen LogP contribution < -0.4 is 10.6 Å². The molecule has 2 saturated heterocycles. The van der Waals surface area contributed by atoms with E-state index in [-0.39, 0.29) is 24.0 Å². The Bertz CT molecular complexity index is 392. The number of carbonyl (C=O) groups is 2. The Kier molecular flexibility index (Phi) is 5.67. The molecule has 0 saturated carbocycles. The Hall–Kier alpha value is -1.30. The predicted octanol–water partition coefficient (Wildman–Crippen LogP) is 1.50. The van der Waals surface area contributed by atoms with Gasteiger partial charge in [0, 0.05) is 25.7 Å². The maximum atomic E-state index is 12.4. The van der Waals surface area contributed by atoms with Crippen molar-refractivity contribution in [3.63, 3.8) is 0 Å². The molecule has 2 rings (SSSR count). The van der Waals surface area contributed by atoms with Gasteiger partial charge in [0.1, 0.15) is 5.60 Å². The summed E-state index contributed by atoms with van der Waals surface area (Å²) < 4.78 is 5.27. The van der Waals surface area contributed by atoms with E-state index in [9.17, 15) is 9.59 Å². The molecule has 0 aliphatic carbocycles. The lowest BCUT2D eigenvalue weighted by Gasteiger charge is -2.35. The summed E-state index contributed by atoms with van der Waals surface area (Å²) in [5, 5.41) is 6.19. The molecule has 1 unspecified atom stereocenters. The zero-order chi connectivity index (χ0) is 16.2. The minimum atomic E-state index is -0.477. The summed E-state index contributed by atoms with van der Waals surface area (Å²) in [4.78, 5) is 26.2. The normalized spacial score (nSPS) is 24.0. The average molecular weight is 311 g/mol. The van der Waals surface area contributed by atoms with Gasteiger partial charge in [0.2, 0.25) is 5.91 Å². The molecule has 0 aromatic heterocycles. The summed E-state index contributed by atoms with van der Waals surface area (Å²) in [7, 11) is 0. The lowest BCUT2D eigenvalue weighted by atomic mass is 9.96. The molecule has 1 atom stereocenters. The molecule has 0 aromatic rings. The van der Waals surface area contributed by atoms with Crippen molar-refractivity contribution < 1.29 is 14.3 Å². The molecule has 126 valence electrons. The fourth-order valence-corrected chi connectivity index (χ4v) is 3.04. The van der Waals surface area contributed by atoms with Gasteiger partial charge in [-0.3, -0.25) is 4.79 Å². The molecule has 22 heavy (non-hydrogen) atoms. The van der Waals surface area contributed by atoms with Crippen LogP contribution in [0.1, 0.15) is 46.5 Å². The van der Waals surface area contributed by atoms with Gasteiger partial charge < -0.3 is 20.3 Å². The van der Waals surface area contributed by atoms with Crippen molar-refractivity contribution in [2.75, 3.05) is 26.2 Å². The number of rotatable bonds is 2. The molecule has 6 heteroatoms. The van der Waals surface area contributed by atoms with E-state index in [1.54, 1.807) is 0 Å². The van der Waals surface area contributed by atoms with Gasteiger partial charge in [-0.25, -0.2) is 4.79 Å². The quantitative estimate of drug-likeness (QED) is 0.811. The molecular formula is C16H29N3O3. The Morgan fingerprint density at radius 3 is 2.41 bits per heavy atom. The van der Waals surface area contributed by atoms with Crippen LogP contribution in [0.4, 0.5) is 4.79 Å². The first kappa shape index (κ1) is 17.1. The van der Waals surface area contributed by atoms with Gasteiger partial charge >= 0.3 is 6.09 Å². The zero-order valence-corrected chi connectivity index (χ0v) is 14.0. The van der Waals surface area contributed by atoms with Crippen molar-refractivity contribution in [3.8, 4) is 0 Å². The smallest absolute Gasteiger partial charge is 0.407 e. The molecule has 0 aromatic carbocycles. The van der Waals surface area contributed by atoms with Crippen LogP contribution in [-0.4, -0.2) is 54.7 Å². The highest BCUT2D eigenvalue weighted by Gasteiger charge is 2.30. The van der Waals surface area contributed by atoms with Crippen molar-refractivity contribution in [1.82, 2.24) is 15.5 Å². The van der Waals surface area contributed by atoms with Crippen molar-refractivity contribution in [1.29, 1.82) is 0 Å². The van der Waals surface area contributed by atoms with Crippen LogP contribution in [0.2, 0.25) is 0 Å². The van der Waals surface area contributed by atoms with Crippen LogP contribution in [-0.2, 0) is 9.53 Å². The molecule has 2 amide bonds. The van der Waals surface area contributed by atoms with Crippen LogP contribution in [0.25, 0.3) is 0 Å². The highest BCUT2D eigenvalue weighted by molar-refractivity contribution is 5.79. The third-order valence-corrected chi connectivity index (χ3v) is 4.17. The summed E-state index contributed by atoms with van der Waals surface area (Å²) in [6.45, 7) is 8.82. The van der Waals surface area contributed by atoms with Gasteiger partial charge in [-0.05, 0) is 53.0 Å². The number of piperidine rings is 2. The number of ether oxygens (including phenoxy) is 1. The summed E-state index contributed by atoms with van der Waals surface area (Å²) in [5.41, 5.74) is -0.477. The van der Waals surface area contributed by atoms with E-state index in [4.69, 9.17) is 4.74 Å². The molecule has 0 bridgehead atoms. The monoisotopic (exact) mass is 311 g/mol. The van der Waals surface area contributed by atoms with E-state index in [2.05, 4.69) is 10.6 Å². The number of alkyl carbamates (subject to hydrolysis) is 1. The molecule has 2 aliphatic heterocycles. The zero-order valence-electron chi connectivity index (χ0n) is 14.0. The number of hydrogen-bond acceptors (Lipinski definition) is 4. The van der Waals surface area contributed by atoms with Crippen LogP contribution in [0.3, 0.4) is 0 Å². The second-order valence-corrected chi connectivity index (χ2v) is 7.29. The number of likely N-dealkylation sites (tertiary alicyclic amines) is 1. The molecule has 2 fully saturated rings. The topological polar surface area (TPSA) is 70.7 Å².